The van der Waals surface area contributed by atoms with Gasteiger partial charge in [0.2, 0.25) is 10.0 Å². The summed E-state index contributed by atoms with van der Waals surface area (Å²) in [7, 11) is -3.67. The standard InChI is InChI=1S/C22H27FN2O5S/c1-15(19-7-8-20(23)21(10-19)30-13-16-5-6-16)25-31(28,29)14-18-4-2-3-17(9-18)11-24-12-22(26)27/h2-4,7-10,15-16,24-25H,5-6,11-14H2,1H3,(H,26,27). The van der Waals surface area contributed by atoms with Crippen molar-refractivity contribution in [3.05, 3.63) is 65.0 Å². The molecule has 0 heterocycles. The maximum atomic E-state index is 14.0. The molecular formula is C22H27FN2O5S. The summed E-state index contributed by atoms with van der Waals surface area (Å²) in [6, 6.07) is 10.8. The molecule has 1 aliphatic carbocycles. The van der Waals surface area contributed by atoms with Crippen LogP contribution >= 0.6 is 0 Å². The van der Waals surface area contributed by atoms with E-state index in [1.807, 2.05) is 0 Å². The van der Waals surface area contributed by atoms with Gasteiger partial charge in [-0.2, -0.15) is 0 Å². The van der Waals surface area contributed by atoms with Crippen molar-refractivity contribution in [3.8, 4) is 5.75 Å². The zero-order chi connectivity index (χ0) is 22.4. The number of nitrogens with one attached hydrogen (secondary N) is 2. The van der Waals surface area contributed by atoms with Gasteiger partial charge in [-0.3, -0.25) is 4.79 Å². The summed E-state index contributed by atoms with van der Waals surface area (Å²) in [6.07, 6.45) is 2.18. The molecule has 2 aromatic carbocycles. The quantitative estimate of drug-likeness (QED) is 0.459. The van der Waals surface area contributed by atoms with Gasteiger partial charge in [-0.1, -0.05) is 30.3 Å². The molecule has 1 saturated carbocycles. The highest BCUT2D eigenvalue weighted by atomic mass is 32.2. The van der Waals surface area contributed by atoms with E-state index >= 15 is 0 Å². The van der Waals surface area contributed by atoms with E-state index in [4.69, 9.17) is 9.84 Å². The molecule has 1 fully saturated rings. The summed E-state index contributed by atoms with van der Waals surface area (Å²) in [6.45, 7) is 2.31. The first-order valence-corrected chi connectivity index (χ1v) is 11.8. The van der Waals surface area contributed by atoms with Crippen LogP contribution in [-0.4, -0.2) is 32.6 Å². The Hall–Kier alpha value is -2.49. The maximum absolute atomic E-state index is 14.0. The van der Waals surface area contributed by atoms with Crippen LogP contribution in [0, 0.1) is 11.7 Å². The van der Waals surface area contributed by atoms with Crippen molar-refractivity contribution in [2.75, 3.05) is 13.2 Å². The van der Waals surface area contributed by atoms with Gasteiger partial charge in [-0.05, 0) is 54.5 Å². The SMILES string of the molecule is CC(NS(=O)(=O)Cc1cccc(CNCC(=O)O)c1)c1ccc(F)c(OCC2CC2)c1. The van der Waals surface area contributed by atoms with Crippen LogP contribution in [-0.2, 0) is 27.1 Å². The third kappa shape index (κ3) is 7.61. The number of carboxylic acids is 1. The Labute approximate surface area is 181 Å². The Bertz CT molecular complexity index is 1020. The minimum absolute atomic E-state index is 0.136. The molecule has 9 heteroatoms. The Balaban J connectivity index is 1.61. The van der Waals surface area contributed by atoms with Gasteiger partial charge >= 0.3 is 5.97 Å². The van der Waals surface area contributed by atoms with Gasteiger partial charge in [-0.25, -0.2) is 17.5 Å². The second kappa shape index (κ2) is 10.2. The highest BCUT2D eigenvalue weighted by molar-refractivity contribution is 7.88. The summed E-state index contributed by atoms with van der Waals surface area (Å²) in [5, 5.41) is 11.5. The van der Waals surface area contributed by atoms with Crippen molar-refractivity contribution in [1.29, 1.82) is 0 Å². The molecule has 2 aromatic rings. The summed E-state index contributed by atoms with van der Waals surface area (Å²) >= 11 is 0. The molecule has 31 heavy (non-hydrogen) atoms. The number of hydrogen-bond donors (Lipinski definition) is 3. The molecule has 0 bridgehead atoms. The molecule has 0 aromatic heterocycles. The van der Waals surface area contributed by atoms with Crippen LogP contribution in [0.3, 0.4) is 0 Å². The lowest BCUT2D eigenvalue weighted by atomic mass is 10.1. The zero-order valence-electron chi connectivity index (χ0n) is 17.3. The highest BCUT2D eigenvalue weighted by Crippen LogP contribution is 2.31. The molecule has 0 spiro atoms. The fourth-order valence-electron chi connectivity index (χ4n) is 3.13. The monoisotopic (exact) mass is 450 g/mol. The number of carboxylic acid groups (broad SMARTS) is 1. The summed E-state index contributed by atoms with van der Waals surface area (Å²) in [5.74, 6) is -1.03. The Morgan fingerprint density at radius 2 is 1.97 bits per heavy atom. The molecule has 0 amide bonds. The molecule has 3 rings (SSSR count). The smallest absolute Gasteiger partial charge is 0.317 e. The predicted octanol–water partition coefficient (Wildman–Crippen LogP) is 2.97. The first-order chi connectivity index (χ1) is 14.7. The van der Waals surface area contributed by atoms with Crippen LogP contribution in [0.4, 0.5) is 4.39 Å². The van der Waals surface area contributed by atoms with Crippen molar-refractivity contribution in [2.24, 2.45) is 5.92 Å². The first-order valence-electron chi connectivity index (χ1n) is 10.1. The molecule has 168 valence electrons. The van der Waals surface area contributed by atoms with Crippen LogP contribution in [0.15, 0.2) is 42.5 Å². The largest absolute Gasteiger partial charge is 0.490 e. The van der Waals surface area contributed by atoms with Crippen LogP contribution in [0.1, 0.15) is 42.5 Å². The van der Waals surface area contributed by atoms with E-state index < -0.39 is 27.9 Å². The summed E-state index contributed by atoms with van der Waals surface area (Å²) < 4.78 is 47.5. The third-order valence-electron chi connectivity index (χ3n) is 4.94. The van der Waals surface area contributed by atoms with Crippen LogP contribution < -0.4 is 14.8 Å². The fraction of sp³-hybridized carbons (Fsp3) is 0.409. The number of rotatable bonds is 12. The maximum Gasteiger partial charge on any atom is 0.317 e. The normalized spacial score (nSPS) is 14.9. The van der Waals surface area contributed by atoms with Gasteiger partial charge in [-0.15, -0.1) is 0 Å². The van der Waals surface area contributed by atoms with E-state index in [0.717, 1.165) is 18.4 Å². The molecule has 1 atom stereocenters. The number of hydrogen-bond acceptors (Lipinski definition) is 5. The predicted molar refractivity (Wildman–Crippen MR) is 115 cm³/mol. The van der Waals surface area contributed by atoms with Gasteiger partial charge in [0.15, 0.2) is 11.6 Å². The Kier molecular flexibility index (Phi) is 7.64. The van der Waals surface area contributed by atoms with Crippen molar-refractivity contribution >= 4 is 16.0 Å². The lowest BCUT2D eigenvalue weighted by Gasteiger charge is -2.16. The lowest BCUT2D eigenvalue weighted by molar-refractivity contribution is -0.136. The van der Waals surface area contributed by atoms with E-state index in [9.17, 15) is 17.6 Å². The minimum atomic E-state index is -3.67. The topological polar surface area (TPSA) is 105 Å². The van der Waals surface area contributed by atoms with E-state index in [-0.39, 0.29) is 18.0 Å². The number of ether oxygens (including phenoxy) is 1. The zero-order valence-corrected chi connectivity index (χ0v) is 18.1. The number of halogens is 1. The summed E-state index contributed by atoms with van der Waals surface area (Å²) in [4.78, 5) is 10.6. The van der Waals surface area contributed by atoms with Gasteiger partial charge < -0.3 is 15.2 Å². The molecule has 1 unspecified atom stereocenters. The van der Waals surface area contributed by atoms with Gasteiger partial charge in [0.05, 0.1) is 18.9 Å². The fourth-order valence-corrected chi connectivity index (χ4v) is 4.51. The second-order valence-electron chi connectivity index (χ2n) is 7.86. The molecular weight excluding hydrogens is 423 g/mol. The second-order valence-corrected chi connectivity index (χ2v) is 9.61. The van der Waals surface area contributed by atoms with Crippen molar-refractivity contribution < 1.29 is 27.4 Å². The third-order valence-corrected chi connectivity index (χ3v) is 6.36. The lowest BCUT2D eigenvalue weighted by Crippen LogP contribution is -2.28. The van der Waals surface area contributed by atoms with Gasteiger partial charge in [0, 0.05) is 12.6 Å². The van der Waals surface area contributed by atoms with E-state index in [1.54, 1.807) is 43.3 Å². The van der Waals surface area contributed by atoms with Crippen molar-refractivity contribution in [3.63, 3.8) is 0 Å². The Morgan fingerprint density at radius 3 is 2.68 bits per heavy atom. The van der Waals surface area contributed by atoms with Crippen LogP contribution in [0.5, 0.6) is 5.75 Å². The first kappa shape index (κ1) is 23.2. The minimum Gasteiger partial charge on any atom is -0.490 e. The van der Waals surface area contributed by atoms with Crippen LogP contribution in [0.2, 0.25) is 0 Å². The molecule has 7 nitrogen and oxygen atoms in total. The van der Waals surface area contributed by atoms with Crippen molar-refractivity contribution in [2.45, 2.75) is 38.1 Å². The summed E-state index contributed by atoms with van der Waals surface area (Å²) in [5.41, 5.74) is 1.99. The number of carbonyl (C=O) groups is 1. The van der Waals surface area contributed by atoms with Crippen LogP contribution in [0.25, 0.3) is 0 Å². The molecule has 3 N–H and O–H groups in total. The van der Waals surface area contributed by atoms with E-state index in [2.05, 4.69) is 10.0 Å². The number of benzene rings is 2. The van der Waals surface area contributed by atoms with Crippen molar-refractivity contribution in [1.82, 2.24) is 10.0 Å². The molecule has 0 aliphatic heterocycles. The van der Waals surface area contributed by atoms with Gasteiger partial charge in [0.1, 0.15) is 0 Å². The number of aliphatic carboxylic acids is 1. The number of sulfonamides is 1. The van der Waals surface area contributed by atoms with E-state index in [1.165, 1.54) is 6.07 Å². The van der Waals surface area contributed by atoms with E-state index in [0.29, 0.717) is 30.2 Å². The molecule has 0 saturated heterocycles. The average molecular weight is 451 g/mol. The highest BCUT2D eigenvalue weighted by Gasteiger charge is 2.23. The average Bonchev–Trinajstić information content (AvgIpc) is 3.51. The Morgan fingerprint density at radius 1 is 1.23 bits per heavy atom. The van der Waals surface area contributed by atoms with Gasteiger partial charge in [0.25, 0.3) is 0 Å². The molecule has 0 radical (unpaired) electrons. The molecule has 1 aliphatic rings.